The third-order valence-corrected chi connectivity index (χ3v) is 5.24. The lowest BCUT2D eigenvalue weighted by Crippen LogP contribution is -2.48. The summed E-state index contributed by atoms with van der Waals surface area (Å²) in [5.41, 5.74) is 4.90. The number of hydrogen-bond donors (Lipinski definition) is 3. The lowest BCUT2D eigenvalue weighted by molar-refractivity contribution is -0.127. The maximum atomic E-state index is 12.2. The van der Waals surface area contributed by atoms with E-state index in [1.54, 1.807) is 6.92 Å². The Balaban J connectivity index is 2.53. The second kappa shape index (κ2) is 6.62. The largest absolute Gasteiger partial charge is 0.392 e. The number of rotatable bonds is 7. The Hall–Kier alpha value is -0.730. The van der Waals surface area contributed by atoms with Crippen molar-refractivity contribution in [2.75, 3.05) is 18.8 Å². The van der Waals surface area contributed by atoms with E-state index in [-0.39, 0.29) is 23.2 Å². The number of sulfonamides is 1. The maximum Gasteiger partial charge on any atom is 0.233 e. The molecule has 110 valence electrons. The third kappa shape index (κ3) is 4.12. The number of hydrogen-bond acceptors (Lipinski definition) is 4. The van der Waals surface area contributed by atoms with E-state index in [9.17, 15) is 13.2 Å². The Morgan fingerprint density at radius 2 is 1.95 bits per heavy atom. The Morgan fingerprint density at radius 3 is 2.42 bits per heavy atom. The molecule has 0 aromatic carbocycles. The van der Waals surface area contributed by atoms with Crippen molar-refractivity contribution in [3.8, 4) is 0 Å². The quantitative estimate of drug-likeness (QED) is 0.570. The van der Waals surface area contributed by atoms with Gasteiger partial charge in [0.15, 0.2) is 0 Å². The predicted octanol–water partition coefficient (Wildman–Crippen LogP) is -0.112. The van der Waals surface area contributed by atoms with Crippen LogP contribution in [0.1, 0.15) is 32.6 Å². The van der Waals surface area contributed by atoms with Crippen molar-refractivity contribution in [1.29, 1.82) is 0 Å². The van der Waals surface area contributed by atoms with Crippen molar-refractivity contribution in [2.45, 2.75) is 32.6 Å². The first-order valence-electron chi connectivity index (χ1n) is 6.39. The van der Waals surface area contributed by atoms with Gasteiger partial charge in [0.1, 0.15) is 0 Å². The Kier molecular flexibility index (Phi) is 5.69. The van der Waals surface area contributed by atoms with Crippen LogP contribution in [0.25, 0.3) is 0 Å². The molecular weight excluding hydrogens is 286 g/mol. The van der Waals surface area contributed by atoms with Gasteiger partial charge in [-0.3, -0.25) is 4.79 Å². The smallest absolute Gasteiger partial charge is 0.233 e. The molecule has 19 heavy (non-hydrogen) atoms. The van der Waals surface area contributed by atoms with Crippen molar-refractivity contribution >= 4 is 33.1 Å². The van der Waals surface area contributed by atoms with Crippen LogP contribution in [0, 0.1) is 5.41 Å². The molecule has 0 aromatic rings. The van der Waals surface area contributed by atoms with E-state index >= 15 is 0 Å². The van der Waals surface area contributed by atoms with E-state index in [1.165, 1.54) is 0 Å². The molecule has 0 spiro atoms. The molecule has 1 saturated carbocycles. The zero-order chi connectivity index (χ0) is 14.5. The molecule has 1 aliphatic rings. The van der Waals surface area contributed by atoms with Gasteiger partial charge in [0.25, 0.3) is 0 Å². The average molecular weight is 307 g/mol. The topological polar surface area (TPSA) is 101 Å². The van der Waals surface area contributed by atoms with E-state index in [1.807, 2.05) is 0 Å². The molecule has 0 heterocycles. The highest BCUT2D eigenvalue weighted by Gasteiger charge is 2.43. The van der Waals surface area contributed by atoms with Crippen molar-refractivity contribution in [1.82, 2.24) is 10.0 Å². The number of nitrogens with one attached hydrogen (secondary N) is 2. The number of thiocarbonyl (C=S) groups is 1. The Bertz CT molecular complexity index is 442. The Morgan fingerprint density at radius 1 is 1.37 bits per heavy atom. The second-order valence-electron chi connectivity index (χ2n) is 4.73. The summed E-state index contributed by atoms with van der Waals surface area (Å²) in [5.74, 6) is -0.385. The van der Waals surface area contributed by atoms with E-state index in [0.29, 0.717) is 19.4 Å². The van der Waals surface area contributed by atoms with Gasteiger partial charge in [0.05, 0.1) is 16.2 Å². The normalized spacial score (nSPS) is 18.2. The van der Waals surface area contributed by atoms with E-state index in [0.717, 1.165) is 12.8 Å². The fraction of sp³-hybridized carbons (Fsp3) is 0.818. The SMILES string of the molecule is CCNS(=O)(=O)CCNC(=O)C1(C(N)=S)CCCC1. The van der Waals surface area contributed by atoms with Crippen LogP contribution in [0.4, 0.5) is 0 Å². The van der Waals surface area contributed by atoms with Crippen molar-refractivity contribution in [2.24, 2.45) is 11.1 Å². The average Bonchev–Trinajstić information content (AvgIpc) is 2.78. The van der Waals surface area contributed by atoms with Crippen LogP contribution in [0.3, 0.4) is 0 Å². The molecule has 6 nitrogen and oxygen atoms in total. The highest BCUT2D eigenvalue weighted by atomic mass is 32.2. The van der Waals surface area contributed by atoms with Crippen LogP contribution in [0.5, 0.6) is 0 Å². The number of carbonyl (C=O) groups is 1. The van der Waals surface area contributed by atoms with Gasteiger partial charge >= 0.3 is 0 Å². The van der Waals surface area contributed by atoms with Gasteiger partial charge in [-0.2, -0.15) is 0 Å². The first kappa shape index (κ1) is 16.3. The highest BCUT2D eigenvalue weighted by Crippen LogP contribution is 2.38. The van der Waals surface area contributed by atoms with Gasteiger partial charge in [0.2, 0.25) is 15.9 Å². The summed E-state index contributed by atoms with van der Waals surface area (Å²) in [7, 11) is -3.32. The van der Waals surface area contributed by atoms with E-state index < -0.39 is 15.4 Å². The summed E-state index contributed by atoms with van der Waals surface area (Å²) in [6.07, 6.45) is 3.13. The third-order valence-electron chi connectivity index (χ3n) is 3.38. The molecule has 0 unspecified atom stereocenters. The molecule has 0 aliphatic heterocycles. The van der Waals surface area contributed by atoms with Crippen LogP contribution in [-0.4, -0.2) is 38.2 Å². The zero-order valence-electron chi connectivity index (χ0n) is 11.1. The van der Waals surface area contributed by atoms with Crippen LogP contribution in [0.15, 0.2) is 0 Å². The molecule has 1 rings (SSSR count). The molecule has 0 atom stereocenters. The molecule has 1 fully saturated rings. The Labute approximate surface area is 119 Å². The molecule has 0 aromatic heterocycles. The van der Waals surface area contributed by atoms with E-state index in [2.05, 4.69) is 10.0 Å². The van der Waals surface area contributed by atoms with Gasteiger partial charge in [0, 0.05) is 13.1 Å². The van der Waals surface area contributed by atoms with Crippen molar-refractivity contribution in [3.63, 3.8) is 0 Å². The van der Waals surface area contributed by atoms with Gasteiger partial charge < -0.3 is 11.1 Å². The number of carbonyl (C=O) groups excluding carboxylic acids is 1. The summed E-state index contributed by atoms with van der Waals surface area (Å²) in [5, 5.41) is 2.64. The minimum atomic E-state index is -3.32. The lowest BCUT2D eigenvalue weighted by atomic mass is 9.85. The molecule has 4 N–H and O–H groups in total. The predicted molar refractivity (Wildman–Crippen MR) is 78.2 cm³/mol. The van der Waals surface area contributed by atoms with Crippen LogP contribution in [-0.2, 0) is 14.8 Å². The van der Waals surface area contributed by atoms with Gasteiger partial charge in [-0.05, 0) is 12.8 Å². The lowest BCUT2D eigenvalue weighted by Gasteiger charge is -2.26. The first-order valence-corrected chi connectivity index (χ1v) is 8.45. The number of nitrogens with two attached hydrogens (primary N) is 1. The highest BCUT2D eigenvalue weighted by molar-refractivity contribution is 7.89. The van der Waals surface area contributed by atoms with Gasteiger partial charge in [-0.25, -0.2) is 13.1 Å². The molecule has 1 amide bonds. The molecule has 1 aliphatic carbocycles. The second-order valence-corrected chi connectivity index (χ2v) is 7.09. The van der Waals surface area contributed by atoms with Crippen LogP contribution < -0.4 is 15.8 Å². The summed E-state index contributed by atoms with van der Waals surface area (Å²) in [4.78, 5) is 12.4. The van der Waals surface area contributed by atoms with Crippen LogP contribution >= 0.6 is 12.2 Å². The summed E-state index contributed by atoms with van der Waals surface area (Å²) in [6.45, 7) is 2.11. The molecule has 0 bridgehead atoms. The summed E-state index contributed by atoms with van der Waals surface area (Å²) in [6, 6.07) is 0. The fourth-order valence-corrected chi connectivity index (χ4v) is 3.58. The van der Waals surface area contributed by atoms with Crippen molar-refractivity contribution in [3.05, 3.63) is 0 Å². The molecule has 8 heteroatoms. The monoisotopic (exact) mass is 307 g/mol. The van der Waals surface area contributed by atoms with Crippen molar-refractivity contribution < 1.29 is 13.2 Å². The van der Waals surface area contributed by atoms with Gasteiger partial charge in [-0.15, -0.1) is 0 Å². The molecule has 0 radical (unpaired) electrons. The fourth-order valence-electron chi connectivity index (χ4n) is 2.32. The summed E-state index contributed by atoms with van der Waals surface area (Å²) < 4.78 is 25.2. The zero-order valence-corrected chi connectivity index (χ0v) is 12.7. The molecular formula is C11H21N3O3S2. The maximum absolute atomic E-state index is 12.2. The number of amides is 1. The summed E-state index contributed by atoms with van der Waals surface area (Å²) >= 11 is 5.00. The van der Waals surface area contributed by atoms with Crippen LogP contribution in [0.2, 0.25) is 0 Å². The molecule has 0 saturated heterocycles. The minimum Gasteiger partial charge on any atom is -0.392 e. The van der Waals surface area contributed by atoms with Gasteiger partial charge in [-0.1, -0.05) is 32.0 Å². The van der Waals surface area contributed by atoms with E-state index in [4.69, 9.17) is 18.0 Å². The standard InChI is InChI=1S/C11H21N3O3S2/c1-2-14-19(16,17)8-7-13-10(15)11(9(12)18)5-3-4-6-11/h14H,2-8H2,1H3,(H2,12,18)(H,13,15). The first-order chi connectivity index (χ1) is 8.84. The minimum absolute atomic E-state index is 0.0680.